The van der Waals surface area contributed by atoms with Crippen LogP contribution >= 0.6 is 7.60 Å². The van der Waals surface area contributed by atoms with Gasteiger partial charge in [-0.15, -0.1) is 0 Å². The number of allylic oxidation sites excluding steroid dienone is 1. The first-order valence-corrected chi connectivity index (χ1v) is 15.1. The molecule has 10 nitrogen and oxygen atoms in total. The largest absolute Gasteiger partial charge is 0.464 e. The van der Waals surface area contributed by atoms with Gasteiger partial charge in [0, 0.05) is 6.54 Å². The molecule has 4 N–H and O–H groups in total. The van der Waals surface area contributed by atoms with Crippen molar-refractivity contribution in [2.75, 3.05) is 13.2 Å². The molecule has 0 heterocycles. The van der Waals surface area contributed by atoms with Crippen molar-refractivity contribution in [3.8, 4) is 0 Å². The van der Waals surface area contributed by atoms with Crippen molar-refractivity contribution in [3.05, 3.63) is 47.5 Å². The molecule has 1 rings (SSSR count). The second kappa shape index (κ2) is 17.1. The van der Waals surface area contributed by atoms with Crippen LogP contribution in [0.2, 0.25) is 0 Å². The van der Waals surface area contributed by atoms with Crippen molar-refractivity contribution >= 4 is 26.1 Å². The summed E-state index contributed by atoms with van der Waals surface area (Å²) in [6.45, 7) is 9.38. The first kappa shape index (κ1) is 34.3. The quantitative estimate of drug-likeness (QED) is 0.0654. The standard InChI is InChI=1S/C28H45N2O8P/c1-6-37-26(32)25(30-20-31)18-24(28(21(2)3,22(4)5)39(34,35)36)16-12-7-8-13-17-29-27(33)38-19-23-14-10-9-11-15-23/h9-11,14-15,18,20-22,25H,6-8,12-13,16-17,19H2,1-5H3,(H,29,33)(H,30,31)(H2,34,35,36). The minimum atomic E-state index is -4.70. The van der Waals surface area contributed by atoms with Crippen LogP contribution in [-0.4, -0.2) is 52.6 Å². The molecule has 1 aromatic carbocycles. The molecule has 0 saturated heterocycles. The molecule has 0 spiro atoms. The van der Waals surface area contributed by atoms with E-state index in [9.17, 15) is 28.7 Å². The second-order valence-electron chi connectivity index (χ2n) is 10.0. The lowest BCUT2D eigenvalue weighted by Gasteiger charge is -2.44. The number of rotatable bonds is 18. The molecular formula is C28H45N2O8P. The molecule has 1 unspecified atom stereocenters. The lowest BCUT2D eigenvalue weighted by Crippen LogP contribution is -2.44. The molecule has 0 radical (unpaired) electrons. The first-order chi connectivity index (χ1) is 18.4. The minimum Gasteiger partial charge on any atom is -0.464 e. The van der Waals surface area contributed by atoms with E-state index in [0.29, 0.717) is 37.8 Å². The summed E-state index contributed by atoms with van der Waals surface area (Å²) in [6, 6.07) is 8.23. The smallest absolute Gasteiger partial charge is 0.407 e. The van der Waals surface area contributed by atoms with Crippen LogP contribution < -0.4 is 10.6 Å². The van der Waals surface area contributed by atoms with Crippen LogP contribution in [0.1, 0.15) is 72.3 Å². The van der Waals surface area contributed by atoms with E-state index in [4.69, 9.17) is 9.47 Å². The second-order valence-corrected chi connectivity index (χ2v) is 11.9. The zero-order valence-corrected chi connectivity index (χ0v) is 24.6. The summed E-state index contributed by atoms with van der Waals surface area (Å²) in [6.07, 6.45) is 4.47. The number of benzene rings is 1. The Morgan fingerprint density at radius 3 is 2.15 bits per heavy atom. The normalized spacial score (nSPS) is 13.2. The van der Waals surface area contributed by atoms with Crippen LogP contribution in [0.4, 0.5) is 4.79 Å². The summed E-state index contributed by atoms with van der Waals surface area (Å²) >= 11 is 0. The maximum atomic E-state index is 13.0. The summed E-state index contributed by atoms with van der Waals surface area (Å²) in [4.78, 5) is 56.7. The Hall–Kier alpha value is -2.68. The first-order valence-electron chi connectivity index (χ1n) is 13.5. The highest BCUT2D eigenvalue weighted by Crippen LogP contribution is 2.63. The van der Waals surface area contributed by atoms with Crippen LogP contribution in [0.3, 0.4) is 0 Å². The highest BCUT2D eigenvalue weighted by molar-refractivity contribution is 7.54. The van der Waals surface area contributed by atoms with Crippen LogP contribution in [0.25, 0.3) is 0 Å². The number of carbonyl (C=O) groups is 3. The number of hydrogen-bond acceptors (Lipinski definition) is 6. The Morgan fingerprint density at radius 2 is 1.62 bits per heavy atom. The van der Waals surface area contributed by atoms with Gasteiger partial charge in [-0.05, 0) is 43.6 Å². The van der Waals surface area contributed by atoms with E-state index in [1.807, 2.05) is 30.3 Å². The Balaban J connectivity index is 2.86. The highest BCUT2D eigenvalue weighted by atomic mass is 31.2. The summed E-state index contributed by atoms with van der Waals surface area (Å²) in [5, 5.41) is 3.61. The topological polar surface area (TPSA) is 151 Å². The lowest BCUT2D eigenvalue weighted by molar-refractivity contribution is -0.145. The van der Waals surface area contributed by atoms with E-state index < -0.39 is 42.7 Å². The van der Waals surface area contributed by atoms with Gasteiger partial charge in [-0.25, -0.2) is 9.59 Å². The third-order valence-electron chi connectivity index (χ3n) is 6.77. The van der Waals surface area contributed by atoms with Crippen molar-refractivity contribution < 1.29 is 38.2 Å². The Morgan fingerprint density at radius 1 is 1.00 bits per heavy atom. The van der Waals surface area contributed by atoms with E-state index in [1.54, 1.807) is 34.6 Å². The molecule has 0 fully saturated rings. The van der Waals surface area contributed by atoms with Gasteiger partial charge < -0.3 is 29.9 Å². The van der Waals surface area contributed by atoms with Crippen molar-refractivity contribution in [2.45, 2.75) is 84.5 Å². The van der Waals surface area contributed by atoms with Crippen LogP contribution in [0, 0.1) is 11.8 Å². The average molecular weight is 569 g/mol. The molecule has 0 aliphatic heterocycles. The van der Waals surface area contributed by atoms with Gasteiger partial charge in [-0.3, -0.25) is 9.36 Å². The number of amides is 2. The molecule has 0 saturated carbocycles. The molecule has 1 atom stereocenters. The van der Waals surface area contributed by atoms with E-state index in [1.165, 1.54) is 6.08 Å². The molecule has 39 heavy (non-hydrogen) atoms. The Bertz CT molecular complexity index is 967. The summed E-state index contributed by atoms with van der Waals surface area (Å²) in [7, 11) is -4.70. The summed E-state index contributed by atoms with van der Waals surface area (Å²) < 4.78 is 23.2. The number of carbonyl (C=O) groups excluding carboxylic acids is 3. The molecule has 1 aromatic rings. The third kappa shape index (κ3) is 10.4. The van der Waals surface area contributed by atoms with Gasteiger partial charge in [0.05, 0.1) is 11.8 Å². The maximum absolute atomic E-state index is 13.0. The van der Waals surface area contributed by atoms with Crippen molar-refractivity contribution in [1.82, 2.24) is 10.6 Å². The number of ether oxygens (including phenoxy) is 2. The monoisotopic (exact) mass is 568 g/mol. The predicted molar refractivity (Wildman–Crippen MR) is 150 cm³/mol. The van der Waals surface area contributed by atoms with E-state index >= 15 is 0 Å². The van der Waals surface area contributed by atoms with Crippen LogP contribution in [-0.2, 0) is 30.2 Å². The van der Waals surface area contributed by atoms with Gasteiger partial charge in [0.25, 0.3) is 0 Å². The molecule has 11 heteroatoms. The maximum Gasteiger partial charge on any atom is 0.407 e. The van der Waals surface area contributed by atoms with Gasteiger partial charge in [0.1, 0.15) is 12.6 Å². The fourth-order valence-electron chi connectivity index (χ4n) is 5.13. The molecule has 2 amide bonds. The molecule has 0 aliphatic carbocycles. The number of nitrogens with one attached hydrogen (secondary N) is 2. The van der Waals surface area contributed by atoms with Crippen molar-refractivity contribution in [2.24, 2.45) is 11.8 Å². The predicted octanol–water partition coefficient (Wildman–Crippen LogP) is 4.70. The minimum absolute atomic E-state index is 0.102. The van der Waals surface area contributed by atoms with E-state index in [-0.39, 0.29) is 13.2 Å². The van der Waals surface area contributed by atoms with E-state index in [2.05, 4.69) is 10.6 Å². The average Bonchev–Trinajstić information content (AvgIpc) is 2.86. The van der Waals surface area contributed by atoms with Crippen molar-refractivity contribution in [1.29, 1.82) is 0 Å². The molecular weight excluding hydrogens is 523 g/mol. The van der Waals surface area contributed by atoms with E-state index in [0.717, 1.165) is 18.4 Å². The number of hydrogen-bond donors (Lipinski definition) is 4. The van der Waals surface area contributed by atoms with Crippen molar-refractivity contribution in [3.63, 3.8) is 0 Å². The number of alkyl carbamates (subject to hydrolysis) is 1. The molecule has 0 bridgehead atoms. The van der Waals surface area contributed by atoms with Gasteiger partial charge in [0.15, 0.2) is 0 Å². The van der Waals surface area contributed by atoms with Crippen LogP contribution in [0.5, 0.6) is 0 Å². The Kier molecular flexibility index (Phi) is 15.1. The molecule has 0 aliphatic rings. The highest BCUT2D eigenvalue weighted by Gasteiger charge is 2.54. The lowest BCUT2D eigenvalue weighted by atomic mass is 9.76. The number of unbranched alkanes of at least 4 members (excludes halogenated alkanes) is 3. The summed E-state index contributed by atoms with van der Waals surface area (Å²) in [5.74, 6) is -1.59. The number of esters is 1. The molecule has 220 valence electrons. The zero-order valence-electron chi connectivity index (χ0n) is 23.7. The molecule has 0 aromatic heterocycles. The fourth-order valence-corrected chi connectivity index (χ4v) is 7.04. The SMILES string of the molecule is CCOC(=O)C(C=C(CCCCCCNC(=O)OCc1ccccc1)C(C(C)C)(C(C)C)P(=O)(O)O)NC=O. The van der Waals surface area contributed by atoms with Gasteiger partial charge in [0.2, 0.25) is 6.41 Å². The summed E-state index contributed by atoms with van der Waals surface area (Å²) in [5.41, 5.74) is 1.33. The zero-order chi connectivity index (χ0) is 29.5. The van der Waals surface area contributed by atoms with Gasteiger partial charge in [-0.2, -0.15) is 0 Å². The van der Waals surface area contributed by atoms with Gasteiger partial charge >= 0.3 is 19.7 Å². The third-order valence-corrected chi connectivity index (χ3v) is 9.05. The van der Waals surface area contributed by atoms with Gasteiger partial charge in [-0.1, -0.05) is 82.5 Å². The fraction of sp³-hybridized carbons (Fsp3) is 0.607. The Labute approximate surface area is 232 Å². The van der Waals surface area contributed by atoms with Crippen LogP contribution in [0.15, 0.2) is 42.0 Å².